The number of nitrogens with zero attached hydrogens (tertiary/aromatic N) is 1. The van der Waals surface area contributed by atoms with Crippen molar-refractivity contribution in [2.45, 2.75) is 5.79 Å². The predicted molar refractivity (Wildman–Crippen MR) is 59.2 cm³/mol. The summed E-state index contributed by atoms with van der Waals surface area (Å²) in [6.45, 7) is 1.77. The van der Waals surface area contributed by atoms with E-state index in [1.165, 1.54) is 0 Å². The molecule has 4 heteroatoms. The average molecular weight is 205 g/mol. The van der Waals surface area contributed by atoms with Gasteiger partial charge in [0.25, 0.3) is 0 Å². The van der Waals surface area contributed by atoms with E-state index in [0.717, 1.165) is 18.7 Å². The number of rotatable bonds is 2. The number of hydrogen-bond acceptors (Lipinski definition) is 4. The summed E-state index contributed by atoms with van der Waals surface area (Å²) in [6.07, 6.45) is 0. The van der Waals surface area contributed by atoms with Gasteiger partial charge in [-0.3, -0.25) is 10.6 Å². The van der Waals surface area contributed by atoms with Crippen LogP contribution >= 0.6 is 12.2 Å². The molecule has 1 aliphatic rings. The molecule has 0 atom stereocenters. The highest BCUT2D eigenvalue weighted by Gasteiger charge is 2.33. The molecule has 1 heterocycles. The van der Waals surface area contributed by atoms with Crippen molar-refractivity contribution in [2.75, 3.05) is 13.1 Å². The Bertz CT molecular complexity index is 351. The second-order valence-electron chi connectivity index (χ2n) is 3.13. The zero-order valence-corrected chi connectivity index (χ0v) is 8.47. The summed E-state index contributed by atoms with van der Waals surface area (Å²) >= 11 is 4.66. The van der Waals surface area contributed by atoms with E-state index in [9.17, 15) is 0 Å². The van der Waals surface area contributed by atoms with Gasteiger partial charge >= 0.3 is 0 Å². The summed E-state index contributed by atoms with van der Waals surface area (Å²) < 4.78 is 0. The normalized spacial score (nSPS) is 18.9. The van der Waals surface area contributed by atoms with E-state index >= 15 is 0 Å². The molecule has 0 spiro atoms. The molecule has 0 saturated carbocycles. The van der Waals surface area contributed by atoms with Crippen molar-refractivity contribution in [3.8, 4) is 0 Å². The Balaban J connectivity index is 2.41. The molecule has 0 unspecified atom stereocenters. The van der Waals surface area contributed by atoms with Crippen LogP contribution < -0.4 is 10.6 Å². The molecule has 1 aliphatic heterocycles. The van der Waals surface area contributed by atoms with Crippen molar-refractivity contribution in [3.63, 3.8) is 0 Å². The fraction of sp³-hybridized carbons (Fsp3) is 0.300. The molecular formula is C10H11N3S. The fourth-order valence-corrected chi connectivity index (χ4v) is 1.78. The van der Waals surface area contributed by atoms with Gasteiger partial charge in [0.1, 0.15) is 0 Å². The largest absolute Gasteiger partial charge is 0.275 e. The van der Waals surface area contributed by atoms with Gasteiger partial charge in [0.15, 0.2) is 0 Å². The topological polar surface area (TPSA) is 36.4 Å². The number of thiocarbonyl (C=S) groups is 1. The lowest BCUT2D eigenvalue weighted by Gasteiger charge is -2.23. The lowest BCUT2D eigenvalue weighted by atomic mass is 10.1. The van der Waals surface area contributed by atoms with Crippen molar-refractivity contribution in [1.82, 2.24) is 10.6 Å². The maximum atomic E-state index is 4.66. The molecule has 3 nitrogen and oxygen atoms in total. The highest BCUT2D eigenvalue weighted by Crippen LogP contribution is 2.21. The summed E-state index contributed by atoms with van der Waals surface area (Å²) in [7, 11) is 0. The minimum Gasteiger partial charge on any atom is -0.275 e. The molecule has 0 aromatic heterocycles. The molecule has 1 fully saturated rings. The van der Waals surface area contributed by atoms with E-state index in [-0.39, 0.29) is 0 Å². The summed E-state index contributed by atoms with van der Waals surface area (Å²) in [4.78, 5) is 4.17. The van der Waals surface area contributed by atoms with E-state index in [1.54, 1.807) is 0 Å². The van der Waals surface area contributed by atoms with Crippen LogP contribution in [-0.2, 0) is 5.79 Å². The Morgan fingerprint density at radius 3 is 2.43 bits per heavy atom. The summed E-state index contributed by atoms with van der Waals surface area (Å²) in [5.74, 6) is -0.553. The number of aliphatic imine (C=N–C) groups is 1. The van der Waals surface area contributed by atoms with Crippen molar-refractivity contribution < 1.29 is 0 Å². The van der Waals surface area contributed by atoms with E-state index < -0.39 is 5.79 Å². The third-order valence-electron chi connectivity index (χ3n) is 2.29. The smallest absolute Gasteiger partial charge is 0.201 e. The Hall–Kier alpha value is -1.06. The monoisotopic (exact) mass is 205 g/mol. The van der Waals surface area contributed by atoms with Crippen LogP contribution in [0.3, 0.4) is 0 Å². The second-order valence-corrected chi connectivity index (χ2v) is 3.32. The molecule has 1 aromatic rings. The van der Waals surface area contributed by atoms with Gasteiger partial charge in [-0.25, -0.2) is 0 Å². The van der Waals surface area contributed by atoms with Gasteiger partial charge in [0.2, 0.25) is 5.79 Å². The van der Waals surface area contributed by atoms with E-state index in [0.29, 0.717) is 0 Å². The predicted octanol–water partition coefficient (Wildman–Crippen LogP) is 1.09. The molecule has 72 valence electrons. The van der Waals surface area contributed by atoms with Crippen LogP contribution in [-0.4, -0.2) is 18.3 Å². The van der Waals surface area contributed by atoms with Crippen LogP contribution in [0.5, 0.6) is 0 Å². The Morgan fingerprint density at radius 1 is 1.21 bits per heavy atom. The van der Waals surface area contributed by atoms with Gasteiger partial charge in [0.05, 0.1) is 5.16 Å². The number of hydrogen-bond donors (Lipinski definition) is 2. The molecule has 0 amide bonds. The molecule has 14 heavy (non-hydrogen) atoms. The maximum absolute atomic E-state index is 4.66. The third kappa shape index (κ3) is 1.61. The Labute approximate surface area is 88.2 Å². The molecule has 1 saturated heterocycles. The zero-order chi connectivity index (χ0) is 9.86. The number of nitrogens with one attached hydrogen (secondary N) is 2. The van der Waals surface area contributed by atoms with Gasteiger partial charge in [-0.2, -0.15) is 4.99 Å². The lowest BCUT2D eigenvalue weighted by Crippen LogP contribution is -2.43. The number of benzene rings is 1. The second kappa shape index (κ2) is 3.98. The molecule has 0 radical (unpaired) electrons. The quantitative estimate of drug-likeness (QED) is 0.560. The van der Waals surface area contributed by atoms with Gasteiger partial charge in [-0.1, -0.05) is 30.3 Å². The molecule has 2 rings (SSSR count). The summed E-state index contributed by atoms with van der Waals surface area (Å²) in [6, 6.07) is 9.98. The average Bonchev–Trinajstić information content (AvgIpc) is 2.70. The first-order valence-electron chi connectivity index (χ1n) is 4.52. The van der Waals surface area contributed by atoms with E-state index in [2.05, 4.69) is 33.0 Å². The fourth-order valence-electron chi connectivity index (χ4n) is 1.64. The first-order chi connectivity index (χ1) is 6.87. The third-order valence-corrected chi connectivity index (χ3v) is 2.38. The molecule has 0 aliphatic carbocycles. The van der Waals surface area contributed by atoms with Crippen LogP contribution in [0.15, 0.2) is 35.3 Å². The van der Waals surface area contributed by atoms with E-state index in [4.69, 9.17) is 0 Å². The summed E-state index contributed by atoms with van der Waals surface area (Å²) in [5, 5.41) is 8.99. The van der Waals surface area contributed by atoms with Gasteiger partial charge in [0, 0.05) is 18.7 Å². The van der Waals surface area contributed by atoms with Gasteiger partial charge in [-0.05, 0) is 12.2 Å². The van der Waals surface area contributed by atoms with E-state index in [1.807, 2.05) is 30.3 Å². The zero-order valence-electron chi connectivity index (χ0n) is 7.66. The lowest BCUT2D eigenvalue weighted by molar-refractivity contribution is 0.366. The van der Waals surface area contributed by atoms with Crippen LogP contribution in [0.25, 0.3) is 0 Å². The van der Waals surface area contributed by atoms with Gasteiger partial charge in [-0.15, -0.1) is 0 Å². The Morgan fingerprint density at radius 2 is 1.86 bits per heavy atom. The van der Waals surface area contributed by atoms with Crippen molar-refractivity contribution in [3.05, 3.63) is 35.9 Å². The molecular weight excluding hydrogens is 194 g/mol. The SMILES string of the molecule is S=C=NC1(c2ccccc2)NCCN1. The molecule has 1 aromatic carbocycles. The minimum absolute atomic E-state index is 0.553. The van der Waals surface area contributed by atoms with Crippen molar-refractivity contribution in [2.24, 2.45) is 4.99 Å². The highest BCUT2D eigenvalue weighted by atomic mass is 32.1. The van der Waals surface area contributed by atoms with Crippen LogP contribution in [0.4, 0.5) is 0 Å². The van der Waals surface area contributed by atoms with Gasteiger partial charge < -0.3 is 0 Å². The number of isothiocyanates is 1. The molecule has 2 N–H and O–H groups in total. The van der Waals surface area contributed by atoms with Crippen molar-refractivity contribution in [1.29, 1.82) is 0 Å². The van der Waals surface area contributed by atoms with Crippen LogP contribution in [0, 0.1) is 0 Å². The Kier molecular flexibility index (Phi) is 2.70. The first kappa shape index (κ1) is 9.49. The van der Waals surface area contributed by atoms with Crippen molar-refractivity contribution >= 4 is 17.4 Å². The standard InChI is InChI=1S/C10H11N3S/c14-8-13-10(11-6-7-12-10)9-4-2-1-3-5-9/h1-5,11-12H,6-7H2. The minimum atomic E-state index is -0.553. The highest BCUT2D eigenvalue weighted by molar-refractivity contribution is 7.78. The molecule has 0 bridgehead atoms. The first-order valence-corrected chi connectivity index (χ1v) is 4.93. The van der Waals surface area contributed by atoms with Crippen LogP contribution in [0.1, 0.15) is 5.56 Å². The summed E-state index contributed by atoms with van der Waals surface area (Å²) in [5.41, 5.74) is 1.06. The maximum Gasteiger partial charge on any atom is 0.201 e. The van der Waals surface area contributed by atoms with Crippen LogP contribution in [0.2, 0.25) is 0 Å².